The molecule has 0 fully saturated rings. The third-order valence-electron chi connectivity index (χ3n) is 4.59. The number of rotatable bonds is 5. The van der Waals surface area contributed by atoms with Crippen molar-refractivity contribution in [3.05, 3.63) is 59.7 Å². The van der Waals surface area contributed by atoms with E-state index in [1.54, 1.807) is 0 Å². The normalized spacial score (nSPS) is 19.1. The third-order valence-corrected chi connectivity index (χ3v) is 4.80. The van der Waals surface area contributed by atoms with Crippen LogP contribution in [-0.4, -0.2) is 23.3 Å². The number of aliphatic imine (C=N–C) groups is 1. The maximum Gasteiger partial charge on any atom is 0.235 e. The first-order valence-corrected chi connectivity index (χ1v) is 9.36. The average molecular weight is 382 g/mol. The number of para-hydroxylation sites is 2. The molecular weight excluding hydrogens is 358 g/mol. The van der Waals surface area contributed by atoms with Crippen molar-refractivity contribution in [1.29, 1.82) is 0 Å². The second-order valence-corrected chi connectivity index (χ2v) is 6.82. The lowest BCUT2D eigenvalue weighted by Crippen LogP contribution is -2.45. The molecule has 0 saturated carbocycles. The van der Waals surface area contributed by atoms with E-state index in [1.807, 2.05) is 69.3 Å². The molecule has 2 aromatic rings. The number of benzene rings is 2. The summed E-state index contributed by atoms with van der Waals surface area (Å²) in [7, 11) is 0. The smallest absolute Gasteiger partial charge is 0.235 e. The first-order chi connectivity index (χ1) is 13.0. The standard InChI is InChI=1S/C21H23N3O2S/c1-4-26-17-12-8-7-11-16(17)23-20(25)18-14(3)22-21(27)24-19(18)15-10-6-5-9-13(15)2/h5-12,18-19H,4H2,1-3H3,(H,23,25)(H,24,27). The highest BCUT2D eigenvalue weighted by atomic mass is 32.1. The molecule has 0 aliphatic carbocycles. The lowest BCUT2D eigenvalue weighted by atomic mass is 9.85. The van der Waals surface area contributed by atoms with Gasteiger partial charge in [0.2, 0.25) is 5.91 Å². The van der Waals surface area contributed by atoms with E-state index in [0.717, 1.165) is 11.1 Å². The SMILES string of the molecule is CCOc1ccccc1NC(=O)C1C(C)=NC(=S)NC1c1ccccc1C. The van der Waals surface area contributed by atoms with Crippen molar-refractivity contribution in [3.63, 3.8) is 0 Å². The van der Waals surface area contributed by atoms with Gasteiger partial charge < -0.3 is 15.4 Å². The molecule has 6 heteroatoms. The van der Waals surface area contributed by atoms with Crippen molar-refractivity contribution in [2.75, 3.05) is 11.9 Å². The van der Waals surface area contributed by atoms with E-state index in [2.05, 4.69) is 15.6 Å². The zero-order valence-corrected chi connectivity index (χ0v) is 16.5. The summed E-state index contributed by atoms with van der Waals surface area (Å²) < 4.78 is 5.62. The summed E-state index contributed by atoms with van der Waals surface area (Å²) in [6.45, 7) is 6.31. The minimum absolute atomic E-state index is 0.147. The van der Waals surface area contributed by atoms with Gasteiger partial charge in [-0.25, -0.2) is 4.99 Å². The van der Waals surface area contributed by atoms with Crippen LogP contribution in [0.25, 0.3) is 0 Å². The Hall–Kier alpha value is -2.73. The highest BCUT2D eigenvalue weighted by Gasteiger charge is 2.36. The molecule has 2 unspecified atom stereocenters. The molecule has 3 rings (SSSR count). The molecule has 2 N–H and O–H groups in total. The number of carbonyl (C=O) groups excluding carboxylic acids is 1. The molecule has 0 saturated heterocycles. The molecule has 1 amide bonds. The number of amides is 1. The van der Waals surface area contributed by atoms with Crippen LogP contribution in [-0.2, 0) is 4.79 Å². The fraction of sp³-hybridized carbons (Fsp3) is 0.286. The van der Waals surface area contributed by atoms with Crippen LogP contribution in [0.2, 0.25) is 0 Å². The first-order valence-electron chi connectivity index (χ1n) is 8.95. The minimum atomic E-state index is -0.479. The topological polar surface area (TPSA) is 62.7 Å². The number of anilines is 1. The maximum atomic E-state index is 13.2. The van der Waals surface area contributed by atoms with Crippen LogP contribution >= 0.6 is 12.2 Å². The van der Waals surface area contributed by atoms with E-state index >= 15 is 0 Å². The highest BCUT2D eigenvalue weighted by Crippen LogP contribution is 2.31. The number of hydrogen-bond donors (Lipinski definition) is 2. The fourth-order valence-electron chi connectivity index (χ4n) is 3.32. The second-order valence-electron chi connectivity index (χ2n) is 6.43. The molecule has 140 valence electrons. The molecule has 0 spiro atoms. The molecule has 2 aromatic carbocycles. The van der Waals surface area contributed by atoms with Crippen LogP contribution in [0.5, 0.6) is 5.75 Å². The van der Waals surface area contributed by atoms with Crippen LogP contribution in [0, 0.1) is 12.8 Å². The van der Waals surface area contributed by atoms with Gasteiger partial charge in [0, 0.05) is 5.71 Å². The van der Waals surface area contributed by atoms with E-state index in [9.17, 15) is 4.79 Å². The zero-order valence-electron chi connectivity index (χ0n) is 15.7. The molecule has 5 nitrogen and oxygen atoms in total. The van der Waals surface area contributed by atoms with Crippen LogP contribution in [0.3, 0.4) is 0 Å². The van der Waals surface area contributed by atoms with Gasteiger partial charge in [-0.3, -0.25) is 4.79 Å². The lowest BCUT2D eigenvalue weighted by Gasteiger charge is -2.32. The third kappa shape index (κ3) is 4.17. The first kappa shape index (κ1) is 19.0. The quantitative estimate of drug-likeness (QED) is 0.768. The van der Waals surface area contributed by atoms with E-state index in [4.69, 9.17) is 17.0 Å². The van der Waals surface area contributed by atoms with Crippen molar-refractivity contribution in [1.82, 2.24) is 5.32 Å². The summed E-state index contributed by atoms with van der Waals surface area (Å²) in [5, 5.41) is 6.62. The van der Waals surface area contributed by atoms with Gasteiger partial charge in [-0.1, -0.05) is 36.4 Å². The molecular formula is C21H23N3O2S. The van der Waals surface area contributed by atoms with Crippen molar-refractivity contribution in [3.8, 4) is 5.75 Å². The Bertz CT molecular complexity index is 895. The van der Waals surface area contributed by atoms with E-state index in [-0.39, 0.29) is 11.9 Å². The summed E-state index contributed by atoms with van der Waals surface area (Å²) in [4.78, 5) is 17.5. The van der Waals surface area contributed by atoms with Gasteiger partial charge in [0.15, 0.2) is 5.11 Å². The van der Waals surface area contributed by atoms with Crippen molar-refractivity contribution in [2.45, 2.75) is 26.8 Å². The van der Waals surface area contributed by atoms with E-state index in [1.165, 1.54) is 0 Å². The largest absolute Gasteiger partial charge is 0.492 e. The molecule has 0 radical (unpaired) electrons. The molecule has 1 heterocycles. The highest BCUT2D eigenvalue weighted by molar-refractivity contribution is 7.80. The van der Waals surface area contributed by atoms with Crippen molar-refractivity contribution in [2.24, 2.45) is 10.9 Å². The number of nitrogens with one attached hydrogen (secondary N) is 2. The minimum Gasteiger partial charge on any atom is -0.492 e. The number of aryl methyl sites for hydroxylation is 1. The van der Waals surface area contributed by atoms with Crippen LogP contribution in [0.4, 0.5) is 5.69 Å². The number of ether oxygens (including phenoxy) is 1. The number of thiocarbonyl (C=S) groups is 1. The molecule has 27 heavy (non-hydrogen) atoms. The predicted octanol–water partition coefficient (Wildman–Crippen LogP) is 4.04. The second kappa shape index (κ2) is 8.31. The zero-order chi connectivity index (χ0) is 19.4. The monoisotopic (exact) mass is 381 g/mol. The Morgan fingerprint density at radius 1 is 1.19 bits per heavy atom. The van der Waals surface area contributed by atoms with Gasteiger partial charge in [0.05, 0.1) is 18.3 Å². The lowest BCUT2D eigenvalue weighted by molar-refractivity contribution is -0.118. The van der Waals surface area contributed by atoms with Crippen LogP contribution in [0.1, 0.15) is 31.0 Å². The van der Waals surface area contributed by atoms with Crippen molar-refractivity contribution >= 4 is 34.6 Å². The number of hydrogen-bond acceptors (Lipinski definition) is 3. The maximum absolute atomic E-state index is 13.2. The van der Waals surface area contributed by atoms with E-state index in [0.29, 0.717) is 28.9 Å². The molecule has 0 aromatic heterocycles. The number of nitrogens with zero attached hydrogens (tertiary/aromatic N) is 1. The van der Waals surface area contributed by atoms with E-state index < -0.39 is 5.92 Å². The predicted molar refractivity (Wildman–Crippen MR) is 112 cm³/mol. The summed E-state index contributed by atoms with van der Waals surface area (Å²) in [5.41, 5.74) is 3.47. The Kier molecular flexibility index (Phi) is 5.86. The summed E-state index contributed by atoms with van der Waals surface area (Å²) >= 11 is 5.28. The Morgan fingerprint density at radius 3 is 2.63 bits per heavy atom. The Labute approximate surface area is 164 Å². The Morgan fingerprint density at radius 2 is 1.89 bits per heavy atom. The van der Waals surface area contributed by atoms with Crippen LogP contribution < -0.4 is 15.4 Å². The summed E-state index contributed by atoms with van der Waals surface area (Å²) in [6, 6.07) is 15.1. The van der Waals surface area contributed by atoms with Gasteiger partial charge in [-0.2, -0.15) is 0 Å². The molecule has 0 bridgehead atoms. The molecule has 2 atom stereocenters. The molecule has 1 aliphatic rings. The van der Waals surface area contributed by atoms with Crippen molar-refractivity contribution < 1.29 is 9.53 Å². The van der Waals surface area contributed by atoms with Gasteiger partial charge >= 0.3 is 0 Å². The molecule has 1 aliphatic heterocycles. The van der Waals surface area contributed by atoms with Gasteiger partial charge in [-0.15, -0.1) is 0 Å². The van der Waals surface area contributed by atoms with Gasteiger partial charge in [0.25, 0.3) is 0 Å². The fourth-order valence-corrected chi connectivity index (χ4v) is 3.59. The Balaban J connectivity index is 1.94. The van der Waals surface area contributed by atoms with Crippen LogP contribution in [0.15, 0.2) is 53.5 Å². The van der Waals surface area contributed by atoms with Gasteiger partial charge in [-0.05, 0) is 56.2 Å². The average Bonchev–Trinajstić information content (AvgIpc) is 2.63. The number of carbonyl (C=O) groups is 1. The summed E-state index contributed by atoms with van der Waals surface area (Å²) in [5.74, 6) is 0.0220. The summed E-state index contributed by atoms with van der Waals surface area (Å²) in [6.07, 6.45) is 0. The van der Waals surface area contributed by atoms with Gasteiger partial charge in [0.1, 0.15) is 11.7 Å².